The minimum Gasteiger partial charge on any atom is -0.493 e. The molecule has 2 N–H and O–H groups in total. The quantitative estimate of drug-likeness (QED) is 0.536. The Labute approximate surface area is 123 Å². The number of hydrogen-bond donors (Lipinski definition) is 2. The van der Waals surface area contributed by atoms with Crippen LogP contribution in [0, 0.1) is 0 Å². The summed E-state index contributed by atoms with van der Waals surface area (Å²) in [7, 11) is 1.49. The summed E-state index contributed by atoms with van der Waals surface area (Å²) in [6.45, 7) is 4.21. The monoisotopic (exact) mass is 293 g/mol. The third-order valence-corrected chi connectivity index (χ3v) is 2.64. The summed E-state index contributed by atoms with van der Waals surface area (Å²) in [6.07, 6.45) is 2.03. The highest BCUT2D eigenvalue weighted by Gasteiger charge is 2.10. The van der Waals surface area contributed by atoms with E-state index in [2.05, 4.69) is 11.9 Å². The van der Waals surface area contributed by atoms with E-state index in [-0.39, 0.29) is 12.3 Å². The third-order valence-electron chi connectivity index (χ3n) is 2.64. The van der Waals surface area contributed by atoms with Crippen LogP contribution in [-0.2, 0) is 4.79 Å². The van der Waals surface area contributed by atoms with Gasteiger partial charge in [-0.3, -0.25) is 9.59 Å². The van der Waals surface area contributed by atoms with Gasteiger partial charge in [0.15, 0.2) is 11.5 Å². The van der Waals surface area contributed by atoms with Crippen molar-refractivity contribution in [3.63, 3.8) is 0 Å². The second kappa shape index (κ2) is 8.63. The van der Waals surface area contributed by atoms with Crippen molar-refractivity contribution in [1.29, 1.82) is 0 Å². The molecular formula is C15H19NO5. The highest BCUT2D eigenvalue weighted by Crippen LogP contribution is 2.28. The Morgan fingerprint density at radius 2 is 2.14 bits per heavy atom. The molecule has 0 saturated carbocycles. The van der Waals surface area contributed by atoms with E-state index in [1.54, 1.807) is 24.3 Å². The molecule has 1 rings (SSSR count). The predicted molar refractivity (Wildman–Crippen MR) is 77.9 cm³/mol. The lowest BCUT2D eigenvalue weighted by atomic mass is 10.2. The molecule has 21 heavy (non-hydrogen) atoms. The number of methoxy groups -OCH3 is 1. The zero-order valence-corrected chi connectivity index (χ0v) is 11.9. The lowest BCUT2D eigenvalue weighted by Gasteiger charge is -2.11. The Hall–Kier alpha value is -2.50. The zero-order chi connectivity index (χ0) is 15.7. The maximum absolute atomic E-state index is 11.9. The fraction of sp³-hybridized carbons (Fsp3) is 0.333. The van der Waals surface area contributed by atoms with E-state index in [0.717, 1.165) is 0 Å². The number of ether oxygens (including phenoxy) is 2. The summed E-state index contributed by atoms with van der Waals surface area (Å²) in [6, 6.07) is 4.84. The minimum atomic E-state index is -0.880. The zero-order valence-electron chi connectivity index (χ0n) is 11.9. The van der Waals surface area contributed by atoms with Gasteiger partial charge in [0.2, 0.25) is 0 Å². The van der Waals surface area contributed by atoms with Crippen LogP contribution in [0.3, 0.4) is 0 Å². The number of carbonyl (C=O) groups excluding carboxylic acids is 1. The second-order valence-electron chi connectivity index (χ2n) is 4.22. The molecule has 0 saturated heterocycles. The Kier molecular flexibility index (Phi) is 6.80. The molecule has 6 heteroatoms. The summed E-state index contributed by atoms with van der Waals surface area (Å²) in [5.74, 6) is -0.182. The molecule has 1 aromatic rings. The molecule has 114 valence electrons. The molecule has 0 aliphatic heterocycles. The summed E-state index contributed by atoms with van der Waals surface area (Å²) >= 11 is 0. The first-order chi connectivity index (χ1) is 10.1. The van der Waals surface area contributed by atoms with E-state index in [0.29, 0.717) is 36.6 Å². The minimum absolute atomic E-state index is 0.0257. The summed E-state index contributed by atoms with van der Waals surface area (Å²) < 4.78 is 10.6. The van der Waals surface area contributed by atoms with Gasteiger partial charge in [-0.15, -0.1) is 0 Å². The van der Waals surface area contributed by atoms with Gasteiger partial charge in [0.25, 0.3) is 5.91 Å². The van der Waals surface area contributed by atoms with Crippen molar-refractivity contribution in [2.24, 2.45) is 0 Å². The Morgan fingerprint density at radius 3 is 2.76 bits per heavy atom. The van der Waals surface area contributed by atoms with Crippen molar-refractivity contribution in [2.45, 2.75) is 12.8 Å². The summed E-state index contributed by atoms with van der Waals surface area (Å²) in [5.41, 5.74) is 0.424. The smallest absolute Gasteiger partial charge is 0.303 e. The number of carboxylic acids is 1. The van der Waals surface area contributed by atoms with Crippen molar-refractivity contribution >= 4 is 11.9 Å². The fourth-order valence-corrected chi connectivity index (χ4v) is 1.62. The molecule has 0 aliphatic carbocycles. The molecule has 6 nitrogen and oxygen atoms in total. The Bertz CT molecular complexity index is 513. The SMILES string of the molecule is C=CCOc1ccc(C(=O)NCCCC(=O)O)cc1OC. The number of carboxylic acid groups (broad SMARTS) is 1. The highest BCUT2D eigenvalue weighted by molar-refractivity contribution is 5.94. The van der Waals surface area contributed by atoms with E-state index < -0.39 is 5.97 Å². The second-order valence-corrected chi connectivity index (χ2v) is 4.22. The van der Waals surface area contributed by atoms with E-state index in [1.165, 1.54) is 7.11 Å². The number of hydrogen-bond acceptors (Lipinski definition) is 4. The van der Waals surface area contributed by atoms with Crippen LogP contribution in [0.1, 0.15) is 23.2 Å². The van der Waals surface area contributed by atoms with Crippen LogP contribution in [0.15, 0.2) is 30.9 Å². The van der Waals surface area contributed by atoms with Crippen LogP contribution in [0.2, 0.25) is 0 Å². The van der Waals surface area contributed by atoms with E-state index in [4.69, 9.17) is 14.6 Å². The average molecular weight is 293 g/mol. The number of nitrogens with one attached hydrogen (secondary N) is 1. The maximum atomic E-state index is 11.9. The van der Waals surface area contributed by atoms with E-state index >= 15 is 0 Å². The van der Waals surface area contributed by atoms with Gasteiger partial charge in [0, 0.05) is 18.5 Å². The van der Waals surface area contributed by atoms with Gasteiger partial charge in [0.05, 0.1) is 7.11 Å². The first kappa shape index (κ1) is 16.6. The fourth-order valence-electron chi connectivity index (χ4n) is 1.62. The summed E-state index contributed by atoms with van der Waals surface area (Å²) in [4.78, 5) is 22.3. The van der Waals surface area contributed by atoms with Gasteiger partial charge in [-0.25, -0.2) is 0 Å². The third kappa shape index (κ3) is 5.56. The standard InChI is InChI=1S/C15H19NO5/c1-3-9-21-12-7-6-11(10-13(12)20-2)15(19)16-8-4-5-14(17)18/h3,6-7,10H,1,4-5,8-9H2,2H3,(H,16,19)(H,17,18). The number of rotatable bonds is 9. The first-order valence-electron chi connectivity index (χ1n) is 6.50. The molecule has 0 unspecified atom stereocenters. The molecule has 0 aliphatic rings. The van der Waals surface area contributed by atoms with Crippen LogP contribution in [0.5, 0.6) is 11.5 Å². The normalized spacial score (nSPS) is 9.76. The van der Waals surface area contributed by atoms with Crippen LogP contribution in [0.25, 0.3) is 0 Å². The van der Waals surface area contributed by atoms with Gasteiger partial charge in [-0.1, -0.05) is 12.7 Å². The highest BCUT2D eigenvalue weighted by atomic mass is 16.5. The molecule has 0 fully saturated rings. The largest absolute Gasteiger partial charge is 0.493 e. The van der Waals surface area contributed by atoms with Crippen LogP contribution < -0.4 is 14.8 Å². The van der Waals surface area contributed by atoms with Crippen LogP contribution >= 0.6 is 0 Å². The van der Waals surface area contributed by atoms with Crippen molar-refractivity contribution in [1.82, 2.24) is 5.32 Å². The van der Waals surface area contributed by atoms with Crippen LogP contribution in [0.4, 0.5) is 0 Å². The van der Waals surface area contributed by atoms with Gasteiger partial charge < -0.3 is 19.9 Å². The summed E-state index contributed by atoms with van der Waals surface area (Å²) in [5, 5.41) is 11.2. The lowest BCUT2D eigenvalue weighted by molar-refractivity contribution is -0.137. The lowest BCUT2D eigenvalue weighted by Crippen LogP contribution is -2.24. The average Bonchev–Trinajstić information content (AvgIpc) is 2.48. The van der Waals surface area contributed by atoms with Gasteiger partial charge >= 0.3 is 5.97 Å². The molecule has 1 amide bonds. The number of carbonyl (C=O) groups is 2. The van der Waals surface area contributed by atoms with Gasteiger partial charge in [0.1, 0.15) is 6.61 Å². The first-order valence-corrected chi connectivity index (χ1v) is 6.50. The molecule has 0 spiro atoms. The van der Waals surface area contributed by atoms with E-state index in [1.807, 2.05) is 0 Å². The Balaban J connectivity index is 2.63. The van der Waals surface area contributed by atoms with Crippen molar-refractivity contribution in [2.75, 3.05) is 20.3 Å². The van der Waals surface area contributed by atoms with Crippen molar-refractivity contribution < 1.29 is 24.2 Å². The van der Waals surface area contributed by atoms with Crippen molar-refractivity contribution in [3.8, 4) is 11.5 Å². The number of amides is 1. The predicted octanol–water partition coefficient (Wildman–Crippen LogP) is 1.85. The molecule has 0 bridgehead atoms. The maximum Gasteiger partial charge on any atom is 0.303 e. The molecule has 0 aromatic heterocycles. The van der Waals surface area contributed by atoms with Crippen LogP contribution in [-0.4, -0.2) is 37.2 Å². The number of aliphatic carboxylic acids is 1. The Morgan fingerprint density at radius 1 is 1.38 bits per heavy atom. The molecular weight excluding hydrogens is 274 g/mol. The molecule has 1 aromatic carbocycles. The van der Waals surface area contributed by atoms with E-state index in [9.17, 15) is 9.59 Å². The molecule has 0 radical (unpaired) electrons. The van der Waals surface area contributed by atoms with Crippen molar-refractivity contribution in [3.05, 3.63) is 36.4 Å². The van der Waals surface area contributed by atoms with Gasteiger partial charge in [-0.2, -0.15) is 0 Å². The van der Waals surface area contributed by atoms with Gasteiger partial charge in [-0.05, 0) is 24.6 Å². The molecule has 0 heterocycles. The molecule has 0 atom stereocenters. The number of benzene rings is 1. The topological polar surface area (TPSA) is 84.9 Å².